The number of hydrogen-bond acceptors (Lipinski definition) is 5. The Morgan fingerprint density at radius 1 is 1.48 bits per heavy atom. The molecule has 1 N–H and O–H groups in total. The SMILES string of the molecule is COc1ccc([N+](=O)[O-])cc1CN(CC(=O)O)CC(C)C. The third-order valence-corrected chi connectivity index (χ3v) is 2.85. The molecule has 0 aromatic heterocycles. The Morgan fingerprint density at radius 2 is 2.14 bits per heavy atom. The monoisotopic (exact) mass is 296 g/mol. The Morgan fingerprint density at radius 3 is 2.62 bits per heavy atom. The number of aliphatic carboxylic acids is 1. The Hall–Kier alpha value is -2.15. The number of nitro groups is 1. The lowest BCUT2D eigenvalue weighted by atomic mass is 10.1. The maximum atomic E-state index is 10.9. The first-order valence-corrected chi connectivity index (χ1v) is 6.59. The first-order chi connectivity index (χ1) is 9.83. The lowest BCUT2D eigenvalue weighted by Gasteiger charge is -2.23. The number of carbonyl (C=O) groups is 1. The van der Waals surface area contributed by atoms with Crippen LogP contribution in [0.5, 0.6) is 5.75 Å². The van der Waals surface area contributed by atoms with E-state index in [-0.39, 0.29) is 24.7 Å². The average Bonchev–Trinajstić information content (AvgIpc) is 2.36. The largest absolute Gasteiger partial charge is 0.496 e. The molecule has 0 aliphatic carbocycles. The van der Waals surface area contributed by atoms with E-state index in [0.717, 1.165) is 0 Å². The molecule has 1 rings (SSSR count). The molecule has 0 spiro atoms. The van der Waals surface area contributed by atoms with Crippen LogP contribution < -0.4 is 4.74 Å². The van der Waals surface area contributed by atoms with Gasteiger partial charge in [-0.25, -0.2) is 0 Å². The van der Waals surface area contributed by atoms with E-state index in [1.165, 1.54) is 25.3 Å². The van der Waals surface area contributed by atoms with Crippen molar-refractivity contribution in [3.8, 4) is 5.75 Å². The number of carboxylic acids is 1. The molecule has 0 aliphatic rings. The summed E-state index contributed by atoms with van der Waals surface area (Å²) < 4.78 is 5.19. The maximum absolute atomic E-state index is 10.9. The molecule has 1 aromatic carbocycles. The van der Waals surface area contributed by atoms with Gasteiger partial charge >= 0.3 is 5.97 Å². The zero-order chi connectivity index (χ0) is 16.0. The summed E-state index contributed by atoms with van der Waals surface area (Å²) in [6, 6.07) is 4.32. The van der Waals surface area contributed by atoms with Crippen LogP contribution in [0.4, 0.5) is 5.69 Å². The number of benzene rings is 1. The molecule has 0 amide bonds. The van der Waals surface area contributed by atoms with E-state index in [1.807, 2.05) is 13.8 Å². The molecule has 7 nitrogen and oxygen atoms in total. The van der Waals surface area contributed by atoms with E-state index in [9.17, 15) is 14.9 Å². The Labute approximate surface area is 123 Å². The molecule has 0 aliphatic heterocycles. The van der Waals surface area contributed by atoms with Crippen molar-refractivity contribution in [2.75, 3.05) is 20.2 Å². The van der Waals surface area contributed by atoms with Gasteiger partial charge in [0.05, 0.1) is 18.6 Å². The van der Waals surface area contributed by atoms with Crippen molar-refractivity contribution in [2.24, 2.45) is 5.92 Å². The van der Waals surface area contributed by atoms with Crippen molar-refractivity contribution in [1.29, 1.82) is 0 Å². The highest BCUT2D eigenvalue weighted by molar-refractivity contribution is 5.69. The number of nitrogens with zero attached hydrogens (tertiary/aromatic N) is 2. The average molecular weight is 296 g/mol. The normalized spacial score (nSPS) is 10.9. The van der Waals surface area contributed by atoms with Gasteiger partial charge in [-0.05, 0) is 12.0 Å². The van der Waals surface area contributed by atoms with Crippen LogP contribution >= 0.6 is 0 Å². The van der Waals surface area contributed by atoms with E-state index < -0.39 is 10.9 Å². The van der Waals surface area contributed by atoms with E-state index in [0.29, 0.717) is 17.9 Å². The van der Waals surface area contributed by atoms with E-state index in [1.54, 1.807) is 4.90 Å². The van der Waals surface area contributed by atoms with Crippen LogP contribution in [0.15, 0.2) is 18.2 Å². The van der Waals surface area contributed by atoms with Crippen LogP contribution in [0.3, 0.4) is 0 Å². The Kier molecular flexibility index (Phi) is 6.10. The van der Waals surface area contributed by atoms with Gasteiger partial charge in [-0.3, -0.25) is 19.8 Å². The van der Waals surface area contributed by atoms with Gasteiger partial charge in [-0.1, -0.05) is 13.8 Å². The standard InChI is InChI=1S/C14H20N2O5/c1-10(2)7-15(9-14(17)18)8-11-6-12(16(19)20)4-5-13(11)21-3/h4-6,10H,7-9H2,1-3H3,(H,17,18). The minimum atomic E-state index is -0.931. The number of rotatable bonds is 8. The van der Waals surface area contributed by atoms with Crippen LogP contribution in [-0.4, -0.2) is 41.1 Å². The van der Waals surface area contributed by atoms with Crippen molar-refractivity contribution in [3.05, 3.63) is 33.9 Å². The van der Waals surface area contributed by atoms with E-state index in [2.05, 4.69) is 0 Å². The van der Waals surface area contributed by atoms with Crippen molar-refractivity contribution in [2.45, 2.75) is 20.4 Å². The number of nitro benzene ring substituents is 1. The summed E-state index contributed by atoms with van der Waals surface area (Å²) in [7, 11) is 1.48. The molecule has 21 heavy (non-hydrogen) atoms. The van der Waals surface area contributed by atoms with Crippen LogP contribution in [-0.2, 0) is 11.3 Å². The van der Waals surface area contributed by atoms with E-state index >= 15 is 0 Å². The summed E-state index contributed by atoms with van der Waals surface area (Å²) in [6.45, 7) is 4.72. The van der Waals surface area contributed by atoms with Gasteiger partial charge < -0.3 is 9.84 Å². The summed E-state index contributed by atoms with van der Waals surface area (Å²) in [5, 5.41) is 19.8. The number of ether oxygens (including phenoxy) is 1. The second-order valence-electron chi connectivity index (χ2n) is 5.21. The molecule has 0 atom stereocenters. The minimum Gasteiger partial charge on any atom is -0.496 e. The zero-order valence-electron chi connectivity index (χ0n) is 12.4. The molecule has 116 valence electrons. The molecule has 0 heterocycles. The summed E-state index contributed by atoms with van der Waals surface area (Å²) >= 11 is 0. The van der Waals surface area contributed by atoms with Crippen LogP contribution in [0, 0.1) is 16.0 Å². The van der Waals surface area contributed by atoms with Gasteiger partial charge in [0.15, 0.2) is 0 Å². The Balaban J connectivity index is 3.02. The van der Waals surface area contributed by atoms with Gasteiger partial charge in [-0.2, -0.15) is 0 Å². The number of non-ortho nitro benzene ring substituents is 1. The topological polar surface area (TPSA) is 92.9 Å². The second kappa shape index (κ2) is 7.58. The fourth-order valence-electron chi connectivity index (χ4n) is 2.14. The van der Waals surface area contributed by atoms with Gasteiger partial charge in [0.25, 0.3) is 5.69 Å². The van der Waals surface area contributed by atoms with Crippen LogP contribution in [0.25, 0.3) is 0 Å². The van der Waals surface area contributed by atoms with Crippen LogP contribution in [0.2, 0.25) is 0 Å². The Bertz CT molecular complexity index is 516. The smallest absolute Gasteiger partial charge is 0.317 e. The predicted octanol–water partition coefficient (Wildman–Crippen LogP) is 2.15. The minimum absolute atomic E-state index is 0.0365. The van der Waals surface area contributed by atoms with Crippen molar-refractivity contribution in [1.82, 2.24) is 4.90 Å². The predicted molar refractivity (Wildman–Crippen MR) is 77.4 cm³/mol. The third-order valence-electron chi connectivity index (χ3n) is 2.85. The molecule has 0 saturated carbocycles. The first kappa shape index (κ1) is 16.9. The summed E-state index contributed by atoms with van der Waals surface area (Å²) in [6.07, 6.45) is 0. The fraction of sp³-hybridized carbons (Fsp3) is 0.500. The maximum Gasteiger partial charge on any atom is 0.317 e. The molecule has 7 heteroatoms. The van der Waals surface area contributed by atoms with Gasteiger partial charge in [0.2, 0.25) is 0 Å². The molecule has 0 saturated heterocycles. The van der Waals surface area contributed by atoms with Gasteiger partial charge in [-0.15, -0.1) is 0 Å². The second-order valence-corrected chi connectivity index (χ2v) is 5.21. The highest BCUT2D eigenvalue weighted by Crippen LogP contribution is 2.25. The zero-order valence-corrected chi connectivity index (χ0v) is 12.4. The molecule has 0 unspecified atom stereocenters. The van der Waals surface area contributed by atoms with Crippen LogP contribution in [0.1, 0.15) is 19.4 Å². The summed E-state index contributed by atoms with van der Waals surface area (Å²) in [5.41, 5.74) is 0.569. The number of methoxy groups -OCH3 is 1. The quantitative estimate of drug-likeness (QED) is 0.583. The number of hydrogen-bond donors (Lipinski definition) is 1. The summed E-state index contributed by atoms with van der Waals surface area (Å²) in [4.78, 5) is 23.0. The lowest BCUT2D eigenvalue weighted by Crippen LogP contribution is -2.32. The fourth-order valence-corrected chi connectivity index (χ4v) is 2.14. The highest BCUT2D eigenvalue weighted by atomic mass is 16.6. The van der Waals surface area contributed by atoms with Crippen molar-refractivity contribution in [3.63, 3.8) is 0 Å². The van der Waals surface area contributed by atoms with Gasteiger partial charge in [0.1, 0.15) is 5.75 Å². The summed E-state index contributed by atoms with van der Waals surface area (Å²) in [5.74, 6) is -0.131. The molecule has 1 aromatic rings. The highest BCUT2D eigenvalue weighted by Gasteiger charge is 2.17. The van der Waals surface area contributed by atoms with E-state index in [4.69, 9.17) is 9.84 Å². The molecular formula is C14H20N2O5. The molecule has 0 fully saturated rings. The molecular weight excluding hydrogens is 276 g/mol. The third kappa shape index (κ3) is 5.39. The van der Waals surface area contributed by atoms with Crippen molar-refractivity contribution >= 4 is 11.7 Å². The van der Waals surface area contributed by atoms with Gasteiger partial charge in [0, 0.05) is 30.8 Å². The lowest BCUT2D eigenvalue weighted by molar-refractivity contribution is -0.384. The molecule has 0 radical (unpaired) electrons. The number of carboxylic acid groups (broad SMARTS) is 1. The molecule has 0 bridgehead atoms. The first-order valence-electron chi connectivity index (χ1n) is 6.59. The van der Waals surface area contributed by atoms with Crippen molar-refractivity contribution < 1.29 is 19.6 Å².